The van der Waals surface area contributed by atoms with E-state index in [1.807, 2.05) is 0 Å². The molecule has 3 unspecified atom stereocenters. The minimum absolute atomic E-state index is 0.115. The van der Waals surface area contributed by atoms with Gasteiger partial charge in [-0.2, -0.15) is 0 Å². The summed E-state index contributed by atoms with van der Waals surface area (Å²) < 4.78 is 13.0. The molecule has 0 aromatic heterocycles. The first-order valence-electron chi connectivity index (χ1n) is 6.87. The smallest absolute Gasteiger partial charge is 0.226 e. The van der Waals surface area contributed by atoms with Crippen LogP contribution >= 0.6 is 0 Å². The number of amides is 2. The number of nitrogens with zero attached hydrogens (tertiary/aromatic N) is 1. The maximum absolute atomic E-state index is 13.0. The Kier molecular flexibility index (Phi) is 4.57. The highest BCUT2D eigenvalue weighted by molar-refractivity contribution is 5.90. The molecule has 2 rings (SSSR count). The van der Waals surface area contributed by atoms with Gasteiger partial charge in [-0.25, -0.2) is 4.39 Å². The molecule has 1 saturated heterocycles. The Hall–Kier alpha value is -1.95. The number of aliphatic hydroxyl groups is 1. The van der Waals surface area contributed by atoms with Crippen LogP contribution < -0.4 is 5.32 Å². The van der Waals surface area contributed by atoms with Gasteiger partial charge in [-0.15, -0.1) is 0 Å². The Labute approximate surface area is 122 Å². The number of halogens is 1. The van der Waals surface area contributed by atoms with Gasteiger partial charge in [0.25, 0.3) is 0 Å². The molecule has 1 aliphatic rings. The molecule has 0 radical (unpaired) electrons. The molecule has 1 aromatic carbocycles. The Balaban J connectivity index is 2.20. The number of hydrogen-bond acceptors (Lipinski definition) is 3. The summed E-state index contributed by atoms with van der Waals surface area (Å²) in [6, 6.07) is 5.40. The lowest BCUT2D eigenvalue weighted by molar-refractivity contribution is -0.128. The highest BCUT2D eigenvalue weighted by Gasteiger charge is 2.42. The third-order valence-electron chi connectivity index (χ3n) is 3.71. The highest BCUT2D eigenvalue weighted by atomic mass is 19.1. The van der Waals surface area contributed by atoms with Crippen molar-refractivity contribution in [1.82, 2.24) is 10.2 Å². The van der Waals surface area contributed by atoms with Crippen molar-refractivity contribution in [2.24, 2.45) is 5.92 Å². The molecular formula is C15H19FN2O3. The molecule has 114 valence electrons. The van der Waals surface area contributed by atoms with E-state index >= 15 is 0 Å². The fourth-order valence-electron chi connectivity index (χ4n) is 2.60. The molecule has 0 spiro atoms. The van der Waals surface area contributed by atoms with E-state index in [9.17, 15) is 19.1 Å². The first kappa shape index (κ1) is 15.4. The SMILES string of the molecule is CC(O)CNC(=O)C1CC(=O)N(C)C1c1ccc(F)cc1. The zero-order chi connectivity index (χ0) is 15.6. The van der Waals surface area contributed by atoms with Crippen LogP contribution in [0.25, 0.3) is 0 Å². The van der Waals surface area contributed by atoms with Gasteiger partial charge < -0.3 is 15.3 Å². The fraction of sp³-hybridized carbons (Fsp3) is 0.467. The number of rotatable bonds is 4. The van der Waals surface area contributed by atoms with Gasteiger partial charge in [0.1, 0.15) is 5.82 Å². The number of benzene rings is 1. The van der Waals surface area contributed by atoms with Crippen LogP contribution in [0.5, 0.6) is 0 Å². The lowest BCUT2D eigenvalue weighted by Gasteiger charge is -2.25. The third kappa shape index (κ3) is 3.39. The maximum Gasteiger partial charge on any atom is 0.226 e. The normalized spacial score (nSPS) is 23.2. The third-order valence-corrected chi connectivity index (χ3v) is 3.71. The molecule has 2 N–H and O–H groups in total. The Bertz CT molecular complexity index is 530. The van der Waals surface area contributed by atoms with Crippen molar-refractivity contribution in [3.63, 3.8) is 0 Å². The van der Waals surface area contributed by atoms with Crippen LogP contribution in [0.2, 0.25) is 0 Å². The van der Waals surface area contributed by atoms with Gasteiger partial charge in [0, 0.05) is 20.0 Å². The second-order valence-corrected chi connectivity index (χ2v) is 5.41. The Morgan fingerprint density at radius 1 is 1.48 bits per heavy atom. The standard InChI is InChI=1S/C15H19FN2O3/c1-9(19)8-17-15(21)12-7-13(20)18(2)14(12)10-3-5-11(16)6-4-10/h3-6,9,12,14,19H,7-8H2,1-2H3,(H,17,21). The second-order valence-electron chi connectivity index (χ2n) is 5.41. The van der Waals surface area contributed by atoms with Crippen LogP contribution in [0.1, 0.15) is 24.9 Å². The number of hydrogen-bond donors (Lipinski definition) is 2. The van der Waals surface area contributed by atoms with E-state index in [1.54, 1.807) is 26.1 Å². The van der Waals surface area contributed by atoms with Crippen molar-refractivity contribution in [3.05, 3.63) is 35.6 Å². The zero-order valence-electron chi connectivity index (χ0n) is 12.0. The summed E-state index contributed by atoms with van der Waals surface area (Å²) in [6.45, 7) is 1.72. The Morgan fingerprint density at radius 2 is 2.10 bits per heavy atom. The number of likely N-dealkylation sites (tertiary alicyclic amines) is 1. The van der Waals surface area contributed by atoms with Crippen LogP contribution in [0.15, 0.2) is 24.3 Å². The van der Waals surface area contributed by atoms with E-state index < -0.39 is 18.1 Å². The largest absolute Gasteiger partial charge is 0.392 e. The molecule has 1 heterocycles. The summed E-state index contributed by atoms with van der Waals surface area (Å²) >= 11 is 0. The van der Waals surface area contributed by atoms with Crippen LogP contribution in [-0.4, -0.2) is 41.5 Å². The molecule has 0 aliphatic carbocycles. The average Bonchev–Trinajstić information content (AvgIpc) is 2.73. The van der Waals surface area contributed by atoms with E-state index in [-0.39, 0.29) is 30.6 Å². The van der Waals surface area contributed by atoms with Crippen molar-refractivity contribution < 1.29 is 19.1 Å². The topological polar surface area (TPSA) is 69.6 Å². The minimum Gasteiger partial charge on any atom is -0.392 e. The molecule has 2 amide bonds. The molecule has 1 aromatic rings. The summed E-state index contributed by atoms with van der Waals surface area (Å²) in [6.07, 6.45) is -0.530. The van der Waals surface area contributed by atoms with E-state index in [0.717, 1.165) is 5.56 Å². The van der Waals surface area contributed by atoms with Gasteiger partial charge >= 0.3 is 0 Å². The van der Waals surface area contributed by atoms with E-state index in [2.05, 4.69) is 5.32 Å². The predicted octanol–water partition coefficient (Wildman–Crippen LogP) is 0.842. The summed E-state index contributed by atoms with van der Waals surface area (Å²) in [5, 5.41) is 11.9. The summed E-state index contributed by atoms with van der Waals surface area (Å²) in [7, 11) is 1.64. The number of nitrogens with one attached hydrogen (secondary N) is 1. The van der Waals surface area contributed by atoms with E-state index in [1.165, 1.54) is 17.0 Å². The number of aliphatic hydroxyl groups excluding tert-OH is 1. The lowest BCUT2D eigenvalue weighted by Crippen LogP contribution is -2.37. The van der Waals surface area contributed by atoms with Crippen molar-refractivity contribution >= 4 is 11.8 Å². The number of carbonyl (C=O) groups is 2. The van der Waals surface area contributed by atoms with Crippen LogP contribution in [0.3, 0.4) is 0 Å². The molecule has 0 saturated carbocycles. The number of carbonyl (C=O) groups excluding carboxylic acids is 2. The summed E-state index contributed by atoms with van der Waals surface area (Å²) in [5.41, 5.74) is 0.724. The second kappa shape index (κ2) is 6.22. The monoisotopic (exact) mass is 294 g/mol. The first-order valence-corrected chi connectivity index (χ1v) is 6.87. The summed E-state index contributed by atoms with van der Waals surface area (Å²) in [5.74, 6) is -1.29. The highest BCUT2D eigenvalue weighted by Crippen LogP contribution is 2.37. The minimum atomic E-state index is -0.645. The predicted molar refractivity (Wildman–Crippen MR) is 74.7 cm³/mol. The van der Waals surface area contributed by atoms with E-state index in [4.69, 9.17) is 0 Å². The van der Waals surface area contributed by atoms with Crippen molar-refractivity contribution in [1.29, 1.82) is 0 Å². The molecule has 1 fully saturated rings. The molecular weight excluding hydrogens is 275 g/mol. The van der Waals surface area contributed by atoms with Crippen LogP contribution in [0.4, 0.5) is 4.39 Å². The van der Waals surface area contributed by atoms with Crippen molar-refractivity contribution in [3.8, 4) is 0 Å². The van der Waals surface area contributed by atoms with Crippen LogP contribution in [-0.2, 0) is 9.59 Å². The van der Waals surface area contributed by atoms with Gasteiger partial charge in [0.2, 0.25) is 11.8 Å². The molecule has 6 heteroatoms. The van der Waals surface area contributed by atoms with Gasteiger partial charge in [-0.05, 0) is 24.6 Å². The maximum atomic E-state index is 13.0. The van der Waals surface area contributed by atoms with Gasteiger partial charge in [-0.3, -0.25) is 9.59 Å². The van der Waals surface area contributed by atoms with Gasteiger partial charge in [0.15, 0.2) is 0 Å². The Morgan fingerprint density at radius 3 is 2.67 bits per heavy atom. The van der Waals surface area contributed by atoms with E-state index in [0.29, 0.717) is 0 Å². The van der Waals surface area contributed by atoms with Gasteiger partial charge in [0.05, 0.1) is 18.1 Å². The molecule has 3 atom stereocenters. The van der Waals surface area contributed by atoms with Gasteiger partial charge in [-0.1, -0.05) is 12.1 Å². The van der Waals surface area contributed by atoms with Crippen molar-refractivity contribution in [2.75, 3.05) is 13.6 Å². The average molecular weight is 294 g/mol. The fourth-order valence-corrected chi connectivity index (χ4v) is 2.60. The van der Waals surface area contributed by atoms with Crippen molar-refractivity contribution in [2.45, 2.75) is 25.5 Å². The molecule has 1 aliphatic heterocycles. The summed E-state index contributed by atoms with van der Waals surface area (Å²) in [4.78, 5) is 25.6. The molecule has 5 nitrogen and oxygen atoms in total. The van der Waals surface area contributed by atoms with Crippen LogP contribution in [0, 0.1) is 11.7 Å². The first-order chi connectivity index (χ1) is 9.90. The zero-order valence-corrected chi connectivity index (χ0v) is 12.0. The molecule has 21 heavy (non-hydrogen) atoms. The lowest BCUT2D eigenvalue weighted by atomic mass is 9.93. The molecule has 0 bridgehead atoms. The quantitative estimate of drug-likeness (QED) is 0.864.